The van der Waals surface area contributed by atoms with Gasteiger partial charge >= 0.3 is 5.97 Å². The van der Waals surface area contributed by atoms with E-state index in [9.17, 15) is 9.59 Å². The number of aromatic nitrogens is 2. The fourth-order valence-electron chi connectivity index (χ4n) is 2.47. The molecule has 3 rings (SSSR count). The fourth-order valence-corrected chi connectivity index (χ4v) is 3.25. The van der Waals surface area contributed by atoms with Crippen molar-refractivity contribution in [2.45, 2.75) is 19.0 Å². The average Bonchev–Trinajstić information content (AvgIpc) is 3.06. The highest BCUT2D eigenvalue weighted by molar-refractivity contribution is 7.99. The van der Waals surface area contributed by atoms with Crippen molar-refractivity contribution < 1.29 is 19.1 Å². The lowest BCUT2D eigenvalue weighted by Crippen LogP contribution is -2.12. The van der Waals surface area contributed by atoms with Crippen LogP contribution in [0.2, 0.25) is 0 Å². The maximum absolute atomic E-state index is 12.4. The first-order valence-electron chi connectivity index (χ1n) is 8.39. The second-order valence-corrected chi connectivity index (χ2v) is 7.06. The number of ketones is 1. The summed E-state index contributed by atoms with van der Waals surface area (Å²) in [6.45, 7) is 3.95. The van der Waals surface area contributed by atoms with Crippen molar-refractivity contribution in [3.05, 3.63) is 53.1 Å². The third-order valence-electron chi connectivity index (χ3n) is 4.18. The third-order valence-corrected chi connectivity index (χ3v) is 5.05. The van der Waals surface area contributed by atoms with E-state index in [1.807, 2.05) is 6.07 Å². The smallest absolute Gasteiger partial charge is 0.343 e. The van der Waals surface area contributed by atoms with Crippen molar-refractivity contribution in [3.63, 3.8) is 0 Å². The first kappa shape index (κ1) is 19.0. The van der Waals surface area contributed by atoms with Gasteiger partial charge in [0.15, 0.2) is 17.5 Å². The number of H-pyrrole nitrogens is 1. The molecule has 0 aliphatic carbocycles. The summed E-state index contributed by atoms with van der Waals surface area (Å²) in [5.74, 6) is 0.322. The van der Waals surface area contributed by atoms with Crippen molar-refractivity contribution in [1.29, 1.82) is 0 Å². The van der Waals surface area contributed by atoms with Crippen LogP contribution in [0.4, 0.5) is 0 Å². The Morgan fingerprint density at radius 3 is 2.52 bits per heavy atom. The van der Waals surface area contributed by atoms with E-state index in [0.717, 1.165) is 16.2 Å². The number of thioether (sulfide) groups is 1. The number of carbonyl (C=O) groups is 2. The first-order chi connectivity index (χ1) is 13.0. The van der Waals surface area contributed by atoms with Gasteiger partial charge in [0.05, 0.1) is 23.9 Å². The van der Waals surface area contributed by atoms with Crippen LogP contribution in [0.15, 0.2) is 41.6 Å². The van der Waals surface area contributed by atoms with E-state index in [-0.39, 0.29) is 18.1 Å². The van der Waals surface area contributed by atoms with Crippen molar-refractivity contribution in [2.75, 3.05) is 19.5 Å². The van der Waals surface area contributed by atoms with Gasteiger partial charge in [-0.2, -0.15) is 0 Å². The molecule has 0 aliphatic heterocycles. The second-order valence-electron chi connectivity index (χ2n) is 6.10. The summed E-state index contributed by atoms with van der Waals surface area (Å²) in [5.41, 5.74) is 4.85. The van der Waals surface area contributed by atoms with Gasteiger partial charge in [0.25, 0.3) is 0 Å². The van der Waals surface area contributed by atoms with Gasteiger partial charge in [-0.3, -0.25) is 4.79 Å². The fraction of sp³-hybridized carbons (Fsp3) is 0.250. The van der Waals surface area contributed by atoms with Crippen LogP contribution in [0.1, 0.15) is 21.5 Å². The minimum absolute atomic E-state index is 0.00710. The molecule has 27 heavy (non-hydrogen) atoms. The molecular formula is C20H20N2O4S. The van der Waals surface area contributed by atoms with E-state index < -0.39 is 5.97 Å². The van der Waals surface area contributed by atoms with Crippen molar-refractivity contribution >= 4 is 34.5 Å². The highest BCUT2D eigenvalue weighted by atomic mass is 32.2. The van der Waals surface area contributed by atoms with E-state index >= 15 is 0 Å². The number of carbonyl (C=O) groups excluding carboxylic acids is 2. The Hall–Kier alpha value is -2.80. The summed E-state index contributed by atoms with van der Waals surface area (Å²) in [6.07, 6.45) is 0. The Labute approximate surface area is 161 Å². The van der Waals surface area contributed by atoms with E-state index in [2.05, 4.69) is 34.6 Å². The summed E-state index contributed by atoms with van der Waals surface area (Å²) in [6, 6.07) is 10.8. The summed E-state index contributed by atoms with van der Waals surface area (Å²) < 4.78 is 9.78. The second kappa shape index (κ2) is 8.26. The molecule has 2 aromatic carbocycles. The van der Waals surface area contributed by atoms with Crippen LogP contribution >= 0.6 is 11.8 Å². The number of Topliss-reactive ketones (excluding diaryl/α,β-unsaturated/α-hetero) is 1. The van der Waals surface area contributed by atoms with Crippen LogP contribution in [0, 0.1) is 13.8 Å². The van der Waals surface area contributed by atoms with Gasteiger partial charge in [0, 0.05) is 5.56 Å². The Morgan fingerprint density at radius 2 is 1.81 bits per heavy atom. The molecule has 0 saturated heterocycles. The number of rotatable bonds is 7. The molecular weight excluding hydrogens is 364 g/mol. The summed E-state index contributed by atoms with van der Waals surface area (Å²) in [7, 11) is 1.30. The zero-order valence-corrected chi connectivity index (χ0v) is 16.2. The standard InChI is InChI=1S/C20H20N2O4S/c1-12-8-16-17(9-13(12)2)22-20(21-16)27-11-18(23)14-4-6-15(7-5-14)26-10-19(24)25-3/h4-9H,10-11H2,1-3H3,(H,21,22). The minimum Gasteiger partial charge on any atom is -0.482 e. The van der Waals surface area contributed by atoms with E-state index in [0.29, 0.717) is 11.3 Å². The summed E-state index contributed by atoms with van der Waals surface area (Å²) >= 11 is 1.37. The monoisotopic (exact) mass is 384 g/mol. The lowest BCUT2D eigenvalue weighted by Gasteiger charge is -2.05. The normalized spacial score (nSPS) is 10.8. The van der Waals surface area contributed by atoms with Gasteiger partial charge in [-0.05, 0) is 61.4 Å². The Kier molecular flexibility index (Phi) is 5.81. The number of aromatic amines is 1. The third kappa shape index (κ3) is 4.68. The maximum atomic E-state index is 12.4. The molecule has 0 bridgehead atoms. The number of hydrogen-bond donors (Lipinski definition) is 1. The van der Waals surface area contributed by atoms with Crippen molar-refractivity contribution in [2.24, 2.45) is 0 Å². The van der Waals surface area contributed by atoms with Gasteiger partial charge in [0.2, 0.25) is 0 Å². The largest absolute Gasteiger partial charge is 0.482 e. The summed E-state index contributed by atoms with van der Waals surface area (Å²) in [5, 5.41) is 0.724. The minimum atomic E-state index is -0.456. The van der Waals surface area contributed by atoms with Gasteiger partial charge in [-0.1, -0.05) is 11.8 Å². The number of imidazole rings is 1. The number of benzene rings is 2. The molecule has 7 heteroatoms. The molecule has 0 saturated carbocycles. The van der Waals surface area contributed by atoms with Crippen LogP contribution in [-0.2, 0) is 9.53 Å². The molecule has 1 aromatic heterocycles. The number of nitrogens with one attached hydrogen (secondary N) is 1. The number of ether oxygens (including phenoxy) is 2. The summed E-state index contributed by atoms with van der Waals surface area (Å²) in [4.78, 5) is 31.2. The van der Waals surface area contributed by atoms with Crippen molar-refractivity contribution in [1.82, 2.24) is 9.97 Å². The number of fused-ring (bicyclic) bond motifs is 1. The van der Waals surface area contributed by atoms with Crippen molar-refractivity contribution in [3.8, 4) is 5.75 Å². The van der Waals surface area contributed by atoms with Crippen LogP contribution in [0.3, 0.4) is 0 Å². The molecule has 140 valence electrons. The number of methoxy groups -OCH3 is 1. The van der Waals surface area contributed by atoms with Gasteiger partial charge in [-0.15, -0.1) is 0 Å². The molecule has 0 amide bonds. The van der Waals surface area contributed by atoms with E-state index in [1.54, 1.807) is 24.3 Å². The van der Waals surface area contributed by atoms with Gasteiger partial charge in [0.1, 0.15) is 5.75 Å². The lowest BCUT2D eigenvalue weighted by molar-refractivity contribution is -0.142. The zero-order chi connectivity index (χ0) is 19.4. The molecule has 0 unspecified atom stereocenters. The molecule has 0 spiro atoms. The van der Waals surface area contributed by atoms with Gasteiger partial charge < -0.3 is 14.5 Å². The molecule has 0 aliphatic rings. The Morgan fingerprint density at radius 1 is 1.11 bits per heavy atom. The molecule has 3 aromatic rings. The van der Waals surface area contributed by atoms with Gasteiger partial charge in [-0.25, -0.2) is 9.78 Å². The Bertz CT molecular complexity index is 941. The molecule has 0 radical (unpaired) electrons. The lowest BCUT2D eigenvalue weighted by atomic mass is 10.1. The van der Waals surface area contributed by atoms with Crippen LogP contribution in [0.5, 0.6) is 5.75 Å². The number of esters is 1. The quantitative estimate of drug-likeness (QED) is 0.380. The van der Waals surface area contributed by atoms with Crippen LogP contribution in [-0.4, -0.2) is 41.2 Å². The zero-order valence-electron chi connectivity index (χ0n) is 15.4. The Balaban J connectivity index is 1.59. The molecule has 0 fully saturated rings. The number of nitrogens with zero attached hydrogens (tertiary/aromatic N) is 1. The molecule has 6 nitrogen and oxygen atoms in total. The predicted molar refractivity (Wildman–Crippen MR) is 105 cm³/mol. The number of hydrogen-bond acceptors (Lipinski definition) is 6. The van der Waals surface area contributed by atoms with E-state index in [4.69, 9.17) is 4.74 Å². The van der Waals surface area contributed by atoms with Crippen LogP contribution < -0.4 is 4.74 Å². The molecule has 1 N–H and O–H groups in total. The first-order valence-corrected chi connectivity index (χ1v) is 9.37. The SMILES string of the molecule is COC(=O)COc1ccc(C(=O)CSc2nc3cc(C)c(C)cc3[nH]2)cc1. The average molecular weight is 384 g/mol. The maximum Gasteiger partial charge on any atom is 0.343 e. The highest BCUT2D eigenvalue weighted by Crippen LogP contribution is 2.23. The van der Waals surface area contributed by atoms with E-state index in [1.165, 1.54) is 30.0 Å². The number of aryl methyl sites for hydroxylation is 2. The predicted octanol–water partition coefficient (Wildman–Crippen LogP) is 3.71. The molecule has 1 heterocycles. The molecule has 0 atom stereocenters. The highest BCUT2D eigenvalue weighted by Gasteiger charge is 2.11. The topological polar surface area (TPSA) is 81.3 Å². The van der Waals surface area contributed by atoms with Crippen LogP contribution in [0.25, 0.3) is 11.0 Å².